The fraction of sp³-hybridized carbons (Fsp3) is 0.368. The van der Waals surface area contributed by atoms with Crippen LogP contribution < -0.4 is 11.4 Å². The molecule has 0 saturated heterocycles. The van der Waals surface area contributed by atoms with Crippen LogP contribution >= 0.6 is 0 Å². The zero-order valence-corrected chi connectivity index (χ0v) is 13.9. The quantitative estimate of drug-likeness (QED) is 0.758. The Hall–Kier alpha value is -2.56. The molecule has 1 aromatic carbocycles. The fourth-order valence-electron chi connectivity index (χ4n) is 5.16. The molecule has 0 amide bonds. The summed E-state index contributed by atoms with van der Waals surface area (Å²) in [6.07, 6.45) is 4.20. The van der Waals surface area contributed by atoms with E-state index in [0.717, 1.165) is 0 Å². The molecule has 0 N–H and O–H groups in total. The first-order valence-electron chi connectivity index (χ1n) is 8.35. The standard InChI is InChI=1S/C19H19N3O2/c1-11-12(2)19(3)15-10-9-14(16(11)19)21-17(23)20(18(24)22(15)21)13-7-5-4-6-8-13/h4-10,14-16H,1-3H3. The topological polar surface area (TPSA) is 48.9 Å². The molecule has 5 heteroatoms. The van der Waals surface area contributed by atoms with Gasteiger partial charge in [0.15, 0.2) is 0 Å². The third-order valence-electron chi connectivity index (χ3n) is 6.53. The lowest BCUT2D eigenvalue weighted by Crippen LogP contribution is -2.59. The van der Waals surface area contributed by atoms with E-state index in [2.05, 4.69) is 32.9 Å². The van der Waals surface area contributed by atoms with Gasteiger partial charge in [-0.3, -0.25) is 0 Å². The molecule has 2 aromatic rings. The predicted molar refractivity (Wildman–Crippen MR) is 91.5 cm³/mol. The first-order chi connectivity index (χ1) is 11.5. The van der Waals surface area contributed by atoms with Crippen LogP contribution in [0.5, 0.6) is 0 Å². The Balaban J connectivity index is 1.82. The van der Waals surface area contributed by atoms with Gasteiger partial charge in [0.25, 0.3) is 0 Å². The van der Waals surface area contributed by atoms with Crippen molar-refractivity contribution in [3.8, 4) is 5.69 Å². The van der Waals surface area contributed by atoms with Gasteiger partial charge in [0.1, 0.15) is 0 Å². The van der Waals surface area contributed by atoms with Crippen molar-refractivity contribution >= 4 is 0 Å². The van der Waals surface area contributed by atoms with Gasteiger partial charge in [0, 0.05) is 11.3 Å². The van der Waals surface area contributed by atoms with Crippen molar-refractivity contribution in [3.05, 3.63) is 74.6 Å². The molecule has 4 aliphatic rings. The first kappa shape index (κ1) is 13.8. The number of benzene rings is 1. The minimum Gasteiger partial charge on any atom is -0.245 e. The van der Waals surface area contributed by atoms with Crippen LogP contribution in [0.1, 0.15) is 32.9 Å². The van der Waals surface area contributed by atoms with Gasteiger partial charge in [0.05, 0.1) is 17.8 Å². The normalized spacial score (nSPS) is 32.5. The van der Waals surface area contributed by atoms with Gasteiger partial charge in [-0.1, -0.05) is 48.4 Å². The van der Waals surface area contributed by atoms with Crippen molar-refractivity contribution in [2.75, 3.05) is 0 Å². The van der Waals surface area contributed by atoms with E-state index in [-0.39, 0.29) is 28.9 Å². The third-order valence-corrected chi connectivity index (χ3v) is 6.53. The summed E-state index contributed by atoms with van der Waals surface area (Å²) >= 11 is 0. The van der Waals surface area contributed by atoms with Crippen LogP contribution in [0.3, 0.4) is 0 Å². The molecule has 4 atom stereocenters. The van der Waals surface area contributed by atoms with Crippen LogP contribution in [-0.2, 0) is 0 Å². The highest BCUT2D eigenvalue weighted by atomic mass is 16.2. The summed E-state index contributed by atoms with van der Waals surface area (Å²) in [6.45, 7) is 6.53. The van der Waals surface area contributed by atoms with E-state index >= 15 is 0 Å². The van der Waals surface area contributed by atoms with Crippen LogP contribution in [0.25, 0.3) is 5.69 Å². The van der Waals surface area contributed by atoms with Gasteiger partial charge in [-0.2, -0.15) is 0 Å². The van der Waals surface area contributed by atoms with E-state index in [1.807, 2.05) is 18.2 Å². The number of hydrogen-bond acceptors (Lipinski definition) is 2. The highest BCUT2D eigenvalue weighted by Gasteiger charge is 2.61. The van der Waals surface area contributed by atoms with Gasteiger partial charge < -0.3 is 0 Å². The first-order valence-corrected chi connectivity index (χ1v) is 8.35. The van der Waals surface area contributed by atoms with E-state index in [1.165, 1.54) is 15.7 Å². The summed E-state index contributed by atoms with van der Waals surface area (Å²) in [5, 5.41) is 0. The van der Waals surface area contributed by atoms with E-state index in [9.17, 15) is 9.59 Å². The highest BCUT2D eigenvalue weighted by molar-refractivity contribution is 5.44. The molecule has 0 fully saturated rings. The molecule has 5 nitrogen and oxygen atoms in total. The Kier molecular flexibility index (Phi) is 2.36. The van der Waals surface area contributed by atoms with E-state index in [4.69, 9.17) is 0 Å². The highest BCUT2D eigenvalue weighted by Crippen LogP contribution is 2.65. The van der Waals surface area contributed by atoms with Gasteiger partial charge in [-0.15, -0.1) is 0 Å². The maximum atomic E-state index is 13.1. The average molecular weight is 321 g/mol. The van der Waals surface area contributed by atoms with Crippen LogP contribution in [0, 0.1) is 11.3 Å². The van der Waals surface area contributed by atoms with Gasteiger partial charge in [-0.05, 0) is 26.0 Å². The predicted octanol–water partition coefficient (Wildman–Crippen LogP) is 2.44. The van der Waals surface area contributed by atoms with E-state index in [1.54, 1.807) is 21.5 Å². The largest absolute Gasteiger partial charge is 0.352 e. The fourth-order valence-corrected chi connectivity index (χ4v) is 5.16. The molecule has 24 heavy (non-hydrogen) atoms. The number of nitrogens with zero attached hydrogens (tertiary/aromatic N) is 3. The Morgan fingerprint density at radius 1 is 0.958 bits per heavy atom. The van der Waals surface area contributed by atoms with Crippen molar-refractivity contribution in [3.63, 3.8) is 0 Å². The monoisotopic (exact) mass is 321 g/mol. The van der Waals surface area contributed by atoms with E-state index in [0.29, 0.717) is 11.6 Å². The molecular weight excluding hydrogens is 302 g/mol. The van der Waals surface area contributed by atoms with Crippen molar-refractivity contribution in [2.45, 2.75) is 32.9 Å². The summed E-state index contributed by atoms with van der Waals surface area (Å²) in [6, 6.07) is 9.00. The number of allylic oxidation sites excluding steroid dienone is 4. The lowest BCUT2D eigenvalue weighted by molar-refractivity contribution is 0.0303. The lowest BCUT2D eigenvalue weighted by Gasteiger charge is -2.60. The van der Waals surface area contributed by atoms with Gasteiger partial charge in [0.2, 0.25) is 0 Å². The number of aromatic nitrogens is 3. The van der Waals surface area contributed by atoms with Crippen molar-refractivity contribution < 1.29 is 0 Å². The molecule has 0 radical (unpaired) electrons. The Bertz CT molecular complexity index is 1050. The van der Waals surface area contributed by atoms with Crippen molar-refractivity contribution in [1.29, 1.82) is 0 Å². The number of hydrogen-bond donors (Lipinski definition) is 0. The van der Waals surface area contributed by atoms with Crippen molar-refractivity contribution in [1.82, 2.24) is 13.9 Å². The molecule has 0 spiro atoms. The zero-order valence-electron chi connectivity index (χ0n) is 13.9. The zero-order chi connectivity index (χ0) is 16.8. The summed E-state index contributed by atoms with van der Waals surface area (Å²) in [7, 11) is 0. The molecule has 122 valence electrons. The molecule has 2 aliphatic heterocycles. The second kappa shape index (κ2) is 4.09. The summed E-state index contributed by atoms with van der Waals surface area (Å²) in [5.74, 6) is 0.302. The SMILES string of the molecule is CC1=C(C)C2(C)C1C1C=CC2n2c(=O)n(-c3ccccc3)c(=O)n21. The summed E-state index contributed by atoms with van der Waals surface area (Å²) < 4.78 is 4.64. The molecule has 4 unspecified atom stereocenters. The molecule has 0 saturated carbocycles. The Labute approximate surface area is 139 Å². The minimum atomic E-state index is -0.248. The van der Waals surface area contributed by atoms with E-state index < -0.39 is 0 Å². The third kappa shape index (κ3) is 1.26. The van der Waals surface area contributed by atoms with Crippen LogP contribution in [0.4, 0.5) is 0 Å². The van der Waals surface area contributed by atoms with Gasteiger partial charge >= 0.3 is 11.4 Å². The van der Waals surface area contributed by atoms with Crippen LogP contribution in [-0.4, -0.2) is 13.9 Å². The second-order valence-electron chi connectivity index (χ2n) is 7.31. The Morgan fingerprint density at radius 3 is 2.33 bits per heavy atom. The second-order valence-corrected chi connectivity index (χ2v) is 7.31. The number of para-hydroxylation sites is 1. The molecule has 2 bridgehead atoms. The maximum absolute atomic E-state index is 13.1. The molecule has 2 aliphatic carbocycles. The summed E-state index contributed by atoms with van der Waals surface area (Å²) in [4.78, 5) is 26.1. The Morgan fingerprint density at radius 2 is 1.62 bits per heavy atom. The smallest absolute Gasteiger partial charge is 0.245 e. The molecule has 6 rings (SSSR count). The average Bonchev–Trinajstić information content (AvgIpc) is 2.88. The summed E-state index contributed by atoms with van der Waals surface area (Å²) in [5.41, 5.74) is 2.77. The lowest BCUT2D eigenvalue weighted by atomic mass is 9.49. The van der Waals surface area contributed by atoms with Gasteiger partial charge in [-0.25, -0.2) is 23.5 Å². The maximum Gasteiger partial charge on any atom is 0.352 e. The number of rotatable bonds is 1. The molecular formula is C19H19N3O2. The van der Waals surface area contributed by atoms with Crippen LogP contribution in [0.15, 0.2) is 63.2 Å². The van der Waals surface area contributed by atoms with Crippen molar-refractivity contribution in [2.24, 2.45) is 11.3 Å². The molecule has 1 aromatic heterocycles. The molecule has 3 heterocycles. The minimum absolute atomic E-state index is 0.0668. The van der Waals surface area contributed by atoms with Crippen LogP contribution in [0.2, 0.25) is 0 Å².